The molecule has 0 N–H and O–H groups in total. The maximum atomic E-state index is 5.46. The second kappa shape index (κ2) is 2.54. The molecule has 2 unspecified atom stereocenters. The van der Waals surface area contributed by atoms with Crippen LogP contribution in [0.5, 0.6) is 0 Å². The lowest BCUT2D eigenvalue weighted by molar-refractivity contribution is 0.203. The van der Waals surface area contributed by atoms with Crippen LogP contribution in [0.2, 0.25) is 0 Å². The summed E-state index contributed by atoms with van der Waals surface area (Å²) in [6.07, 6.45) is 3.53. The maximum Gasteiger partial charge on any atom is 0.0892 e. The Hall–Kier alpha value is -0.0400. The first kappa shape index (κ1) is 8.06. The van der Waals surface area contributed by atoms with Gasteiger partial charge in [-0.1, -0.05) is 20.8 Å². The molecule has 2 atom stereocenters. The topological polar surface area (TPSA) is 12.5 Å². The zero-order valence-corrected chi connectivity index (χ0v) is 7.48. The van der Waals surface area contributed by atoms with Crippen LogP contribution in [0, 0.1) is 5.41 Å². The molecule has 1 heteroatoms. The van der Waals surface area contributed by atoms with E-state index in [4.69, 9.17) is 4.74 Å². The minimum absolute atomic E-state index is 0.444. The first-order chi connectivity index (χ1) is 4.64. The van der Waals surface area contributed by atoms with E-state index in [0.29, 0.717) is 17.6 Å². The number of rotatable bonds is 3. The van der Waals surface area contributed by atoms with E-state index in [9.17, 15) is 0 Å². The highest BCUT2D eigenvalue weighted by molar-refractivity contribution is 4.94. The monoisotopic (exact) mass is 142 g/mol. The highest BCUT2D eigenvalue weighted by atomic mass is 16.6. The third kappa shape index (κ3) is 1.20. The van der Waals surface area contributed by atoms with Crippen molar-refractivity contribution in [2.45, 2.75) is 52.7 Å². The molecule has 0 aromatic rings. The Morgan fingerprint density at radius 1 is 1.30 bits per heavy atom. The Kier molecular flexibility index (Phi) is 2.04. The molecule has 0 radical (unpaired) electrons. The van der Waals surface area contributed by atoms with Crippen LogP contribution >= 0.6 is 0 Å². The highest BCUT2D eigenvalue weighted by Crippen LogP contribution is 2.42. The van der Waals surface area contributed by atoms with Gasteiger partial charge in [0, 0.05) is 0 Å². The van der Waals surface area contributed by atoms with Crippen LogP contribution < -0.4 is 0 Å². The summed E-state index contributed by atoms with van der Waals surface area (Å²) in [5, 5.41) is 0. The van der Waals surface area contributed by atoms with Crippen LogP contribution in [-0.4, -0.2) is 12.2 Å². The number of epoxide rings is 1. The molecule has 1 rings (SSSR count). The number of hydrogen-bond donors (Lipinski definition) is 0. The Bertz CT molecular complexity index is 116. The summed E-state index contributed by atoms with van der Waals surface area (Å²) in [7, 11) is 0. The normalized spacial score (nSPS) is 32.4. The molecule has 1 aliphatic rings. The lowest BCUT2D eigenvalue weighted by atomic mass is 9.80. The molecule has 1 nitrogen and oxygen atoms in total. The minimum atomic E-state index is 0.444. The van der Waals surface area contributed by atoms with Crippen LogP contribution in [0.15, 0.2) is 0 Å². The fourth-order valence-corrected chi connectivity index (χ4v) is 1.57. The van der Waals surface area contributed by atoms with Gasteiger partial charge in [-0.3, -0.25) is 0 Å². The molecule has 0 spiro atoms. The Morgan fingerprint density at radius 3 is 1.80 bits per heavy atom. The molecule has 0 aromatic carbocycles. The van der Waals surface area contributed by atoms with Gasteiger partial charge in [-0.15, -0.1) is 0 Å². The zero-order chi connectivity index (χ0) is 7.78. The molecule has 0 saturated carbocycles. The molecular weight excluding hydrogens is 124 g/mol. The van der Waals surface area contributed by atoms with Crippen molar-refractivity contribution in [3.8, 4) is 0 Å². The van der Waals surface area contributed by atoms with E-state index in [2.05, 4.69) is 27.7 Å². The van der Waals surface area contributed by atoms with Crippen molar-refractivity contribution >= 4 is 0 Å². The molecule has 0 aromatic heterocycles. The van der Waals surface area contributed by atoms with E-state index in [1.54, 1.807) is 0 Å². The van der Waals surface area contributed by atoms with Crippen LogP contribution in [0.1, 0.15) is 40.5 Å². The summed E-state index contributed by atoms with van der Waals surface area (Å²) < 4.78 is 5.46. The second-order valence-corrected chi connectivity index (χ2v) is 3.62. The van der Waals surface area contributed by atoms with Crippen molar-refractivity contribution in [1.29, 1.82) is 0 Å². The van der Waals surface area contributed by atoms with Crippen molar-refractivity contribution in [2.75, 3.05) is 0 Å². The van der Waals surface area contributed by atoms with Gasteiger partial charge in [0.1, 0.15) is 0 Å². The maximum absolute atomic E-state index is 5.46. The van der Waals surface area contributed by atoms with Gasteiger partial charge in [0.15, 0.2) is 0 Å². The van der Waals surface area contributed by atoms with Gasteiger partial charge in [0.25, 0.3) is 0 Å². The van der Waals surface area contributed by atoms with Gasteiger partial charge in [0.05, 0.1) is 12.2 Å². The van der Waals surface area contributed by atoms with Gasteiger partial charge < -0.3 is 4.74 Å². The smallest absolute Gasteiger partial charge is 0.0892 e. The molecule has 60 valence electrons. The van der Waals surface area contributed by atoms with Crippen molar-refractivity contribution in [3.63, 3.8) is 0 Å². The molecule has 1 fully saturated rings. The molecule has 0 aliphatic carbocycles. The van der Waals surface area contributed by atoms with Gasteiger partial charge in [0.2, 0.25) is 0 Å². The van der Waals surface area contributed by atoms with Crippen molar-refractivity contribution in [2.24, 2.45) is 5.41 Å². The largest absolute Gasteiger partial charge is 0.369 e. The van der Waals surface area contributed by atoms with E-state index in [-0.39, 0.29) is 0 Å². The quantitative estimate of drug-likeness (QED) is 0.552. The van der Waals surface area contributed by atoms with E-state index in [1.807, 2.05) is 0 Å². The minimum Gasteiger partial charge on any atom is -0.369 e. The van der Waals surface area contributed by atoms with Crippen LogP contribution in [0.3, 0.4) is 0 Å². The summed E-state index contributed by atoms with van der Waals surface area (Å²) in [5.41, 5.74) is 0.444. The van der Waals surface area contributed by atoms with Crippen molar-refractivity contribution in [1.82, 2.24) is 0 Å². The second-order valence-electron chi connectivity index (χ2n) is 3.62. The van der Waals surface area contributed by atoms with Gasteiger partial charge in [-0.05, 0) is 25.2 Å². The summed E-state index contributed by atoms with van der Waals surface area (Å²) in [4.78, 5) is 0. The Balaban J connectivity index is 2.48. The van der Waals surface area contributed by atoms with Gasteiger partial charge in [-0.2, -0.15) is 0 Å². The van der Waals surface area contributed by atoms with Crippen LogP contribution in [0.4, 0.5) is 0 Å². The molecule has 0 amide bonds. The summed E-state index contributed by atoms with van der Waals surface area (Å²) in [6.45, 7) is 8.98. The predicted octanol–water partition coefficient (Wildman–Crippen LogP) is 2.60. The molecule has 0 bridgehead atoms. The lowest BCUT2D eigenvalue weighted by Crippen LogP contribution is -2.22. The Labute approximate surface area is 63.8 Å². The zero-order valence-electron chi connectivity index (χ0n) is 7.48. The summed E-state index contributed by atoms with van der Waals surface area (Å²) in [5.74, 6) is 0. The Morgan fingerprint density at radius 2 is 1.70 bits per heavy atom. The van der Waals surface area contributed by atoms with E-state index in [0.717, 1.165) is 0 Å². The third-order valence-electron chi connectivity index (χ3n) is 3.01. The average molecular weight is 142 g/mol. The van der Waals surface area contributed by atoms with E-state index >= 15 is 0 Å². The fourth-order valence-electron chi connectivity index (χ4n) is 1.57. The fraction of sp³-hybridized carbons (Fsp3) is 1.00. The predicted molar refractivity (Wildman–Crippen MR) is 43.0 cm³/mol. The molecule has 10 heavy (non-hydrogen) atoms. The van der Waals surface area contributed by atoms with Crippen LogP contribution in [0.25, 0.3) is 0 Å². The van der Waals surface area contributed by atoms with E-state index < -0.39 is 0 Å². The van der Waals surface area contributed by atoms with Gasteiger partial charge in [-0.25, -0.2) is 0 Å². The third-order valence-corrected chi connectivity index (χ3v) is 3.01. The number of hydrogen-bond acceptors (Lipinski definition) is 1. The molecule has 1 saturated heterocycles. The number of ether oxygens (including phenoxy) is 1. The average Bonchev–Trinajstić information content (AvgIpc) is 2.66. The summed E-state index contributed by atoms with van der Waals surface area (Å²) in [6, 6.07) is 0. The van der Waals surface area contributed by atoms with E-state index in [1.165, 1.54) is 12.8 Å². The first-order valence-corrected chi connectivity index (χ1v) is 4.29. The summed E-state index contributed by atoms with van der Waals surface area (Å²) >= 11 is 0. The standard InChI is InChI=1S/C9H18O/c1-5-9(4,6-2)8-7(3)10-8/h7-8H,5-6H2,1-4H3. The van der Waals surface area contributed by atoms with Crippen molar-refractivity contribution < 1.29 is 4.74 Å². The highest BCUT2D eigenvalue weighted by Gasteiger charge is 2.47. The molecule has 1 heterocycles. The molecule has 1 aliphatic heterocycles. The SMILES string of the molecule is CCC(C)(CC)C1OC1C. The van der Waals surface area contributed by atoms with Gasteiger partial charge >= 0.3 is 0 Å². The first-order valence-electron chi connectivity index (χ1n) is 4.29. The van der Waals surface area contributed by atoms with Crippen molar-refractivity contribution in [3.05, 3.63) is 0 Å². The molecular formula is C9H18O. The lowest BCUT2D eigenvalue weighted by Gasteiger charge is -2.23. The van der Waals surface area contributed by atoms with Crippen LogP contribution in [-0.2, 0) is 4.74 Å².